The number of thiazole rings is 1. The lowest BCUT2D eigenvalue weighted by Crippen LogP contribution is -2.27. The Labute approximate surface area is 177 Å². The van der Waals surface area contributed by atoms with E-state index in [1.165, 1.54) is 11.3 Å². The number of carbonyl (C=O) groups excluding carboxylic acids is 2. The van der Waals surface area contributed by atoms with Gasteiger partial charge in [0.05, 0.1) is 15.8 Å². The van der Waals surface area contributed by atoms with E-state index in [-0.39, 0.29) is 18.0 Å². The van der Waals surface area contributed by atoms with Crippen molar-refractivity contribution in [2.45, 2.75) is 12.5 Å². The van der Waals surface area contributed by atoms with Crippen molar-refractivity contribution in [1.82, 2.24) is 4.98 Å². The summed E-state index contributed by atoms with van der Waals surface area (Å²) in [6, 6.07) is 22.6. The zero-order valence-corrected chi connectivity index (χ0v) is 17.1. The van der Waals surface area contributed by atoms with Crippen LogP contribution in [0.2, 0.25) is 0 Å². The maximum atomic E-state index is 13.1. The van der Waals surface area contributed by atoms with Crippen molar-refractivity contribution < 1.29 is 14.3 Å². The van der Waals surface area contributed by atoms with Crippen molar-refractivity contribution in [2.24, 2.45) is 0 Å². The minimum Gasteiger partial charge on any atom is -0.454 e. The van der Waals surface area contributed by atoms with E-state index in [4.69, 9.17) is 4.74 Å². The van der Waals surface area contributed by atoms with Gasteiger partial charge in [0.25, 0.3) is 5.91 Å². The minimum absolute atomic E-state index is 0.160. The minimum atomic E-state index is -0.358. The summed E-state index contributed by atoms with van der Waals surface area (Å²) >= 11 is 1.48. The number of cyclic esters (lactones) is 1. The molecule has 0 spiro atoms. The zero-order chi connectivity index (χ0) is 20.7. The molecule has 0 N–H and O–H groups in total. The molecule has 1 atom stereocenters. The molecule has 1 unspecified atom stereocenters. The fourth-order valence-corrected chi connectivity index (χ4v) is 4.59. The molecule has 148 valence electrons. The van der Waals surface area contributed by atoms with Gasteiger partial charge in [0.1, 0.15) is 6.10 Å². The quantitative estimate of drug-likeness (QED) is 0.441. The highest BCUT2D eigenvalue weighted by Crippen LogP contribution is 2.32. The van der Waals surface area contributed by atoms with Gasteiger partial charge in [0, 0.05) is 19.0 Å². The van der Waals surface area contributed by atoms with Gasteiger partial charge in [-0.3, -0.25) is 9.69 Å². The highest BCUT2D eigenvalue weighted by molar-refractivity contribution is 7.22. The molecule has 0 fully saturated rings. The Balaban J connectivity index is 1.44. The lowest BCUT2D eigenvalue weighted by molar-refractivity contribution is 0.0252. The smallest absolute Gasteiger partial charge is 0.339 e. The number of aromatic nitrogens is 1. The van der Waals surface area contributed by atoms with Crippen molar-refractivity contribution in [1.29, 1.82) is 0 Å². The van der Waals surface area contributed by atoms with E-state index >= 15 is 0 Å². The number of amides is 1. The van der Waals surface area contributed by atoms with Crippen molar-refractivity contribution in [3.05, 3.63) is 95.1 Å². The maximum absolute atomic E-state index is 13.1. The Morgan fingerprint density at radius 3 is 2.63 bits per heavy atom. The molecule has 6 heteroatoms. The normalized spacial score (nSPS) is 15.5. The van der Waals surface area contributed by atoms with Gasteiger partial charge in [-0.2, -0.15) is 0 Å². The van der Waals surface area contributed by atoms with E-state index in [0.717, 1.165) is 21.3 Å². The molecule has 5 rings (SSSR count). The molecule has 3 aromatic carbocycles. The van der Waals surface area contributed by atoms with E-state index in [1.54, 1.807) is 30.1 Å². The Morgan fingerprint density at radius 1 is 1.07 bits per heavy atom. The molecule has 1 aliphatic heterocycles. The number of fused-ring (bicyclic) bond motifs is 2. The highest BCUT2D eigenvalue weighted by Gasteiger charge is 2.29. The van der Waals surface area contributed by atoms with Gasteiger partial charge >= 0.3 is 5.97 Å². The number of benzene rings is 3. The standard InChI is InChI=1S/C24H18N2O3S/c1-26(24-25-19-9-5-6-10-21(19)30-24)22(27)16-11-12-18-17(13-16)14-20(29-23(18)28)15-7-3-2-4-8-15/h2-13,20H,14H2,1H3. The molecular weight excluding hydrogens is 396 g/mol. The monoisotopic (exact) mass is 414 g/mol. The molecule has 0 saturated carbocycles. The number of rotatable bonds is 3. The second-order valence-corrected chi connectivity index (χ2v) is 8.22. The molecule has 1 aliphatic rings. The Morgan fingerprint density at radius 2 is 1.83 bits per heavy atom. The molecule has 0 bridgehead atoms. The number of hydrogen-bond donors (Lipinski definition) is 0. The third kappa shape index (κ3) is 3.25. The Bertz CT molecular complexity index is 1230. The van der Waals surface area contributed by atoms with E-state index in [0.29, 0.717) is 22.7 Å². The fraction of sp³-hybridized carbons (Fsp3) is 0.125. The molecule has 0 saturated heterocycles. The Hall–Kier alpha value is -3.51. The number of carbonyl (C=O) groups is 2. The van der Waals surface area contributed by atoms with Crippen LogP contribution in [0.5, 0.6) is 0 Å². The maximum Gasteiger partial charge on any atom is 0.339 e. The lowest BCUT2D eigenvalue weighted by atomic mass is 9.93. The van der Waals surface area contributed by atoms with E-state index in [9.17, 15) is 9.59 Å². The first-order valence-corrected chi connectivity index (χ1v) is 10.4. The van der Waals surface area contributed by atoms with Gasteiger partial charge in [-0.15, -0.1) is 0 Å². The Kier molecular flexibility index (Phi) is 4.56. The van der Waals surface area contributed by atoms with Crippen LogP contribution in [0.3, 0.4) is 0 Å². The van der Waals surface area contributed by atoms with Crippen molar-refractivity contribution in [3.63, 3.8) is 0 Å². The summed E-state index contributed by atoms with van der Waals surface area (Å²) in [5.41, 5.74) is 3.68. The van der Waals surface area contributed by atoms with Gasteiger partial charge in [0.2, 0.25) is 0 Å². The largest absolute Gasteiger partial charge is 0.454 e. The first-order valence-electron chi connectivity index (χ1n) is 9.62. The van der Waals surface area contributed by atoms with E-state index in [1.807, 2.05) is 54.6 Å². The summed E-state index contributed by atoms with van der Waals surface area (Å²) < 4.78 is 6.64. The molecule has 4 aromatic rings. The van der Waals surface area contributed by atoms with Crippen LogP contribution in [0.25, 0.3) is 10.2 Å². The third-order valence-electron chi connectivity index (χ3n) is 5.27. The average Bonchev–Trinajstić information content (AvgIpc) is 3.22. The van der Waals surface area contributed by atoms with Crippen molar-refractivity contribution in [2.75, 3.05) is 11.9 Å². The van der Waals surface area contributed by atoms with Crippen molar-refractivity contribution >= 4 is 38.6 Å². The molecule has 1 aromatic heterocycles. The summed E-state index contributed by atoms with van der Waals surface area (Å²) in [6.45, 7) is 0. The number of nitrogens with zero attached hydrogens (tertiary/aromatic N) is 2. The molecular formula is C24H18N2O3S. The second kappa shape index (κ2) is 7.39. The van der Waals surface area contributed by atoms with Gasteiger partial charge < -0.3 is 4.74 Å². The predicted molar refractivity (Wildman–Crippen MR) is 117 cm³/mol. The average molecular weight is 414 g/mol. The van der Waals surface area contributed by atoms with Crippen molar-refractivity contribution in [3.8, 4) is 0 Å². The summed E-state index contributed by atoms with van der Waals surface area (Å²) in [7, 11) is 1.72. The topological polar surface area (TPSA) is 59.5 Å². The lowest BCUT2D eigenvalue weighted by Gasteiger charge is -2.25. The van der Waals surface area contributed by atoms with Crippen LogP contribution >= 0.6 is 11.3 Å². The number of ether oxygens (including phenoxy) is 1. The van der Waals surface area contributed by atoms with Crippen LogP contribution in [0.1, 0.15) is 37.9 Å². The molecule has 30 heavy (non-hydrogen) atoms. The summed E-state index contributed by atoms with van der Waals surface area (Å²) in [6.07, 6.45) is 0.190. The number of para-hydroxylation sites is 1. The van der Waals surface area contributed by atoms with Gasteiger partial charge in [-0.05, 0) is 41.5 Å². The summed E-state index contributed by atoms with van der Waals surface area (Å²) in [4.78, 5) is 31.7. The first-order chi connectivity index (χ1) is 14.6. The third-order valence-corrected chi connectivity index (χ3v) is 6.39. The van der Waals surface area contributed by atoms with Crippen LogP contribution in [-0.2, 0) is 11.2 Å². The zero-order valence-electron chi connectivity index (χ0n) is 16.2. The van der Waals surface area contributed by atoms with Gasteiger partial charge in [0.15, 0.2) is 5.13 Å². The predicted octanol–water partition coefficient (Wildman–Crippen LogP) is 5.03. The SMILES string of the molecule is CN(C(=O)c1ccc2c(c1)CC(c1ccccc1)OC2=O)c1nc2ccccc2s1. The molecule has 2 heterocycles. The number of anilines is 1. The molecule has 0 radical (unpaired) electrons. The molecule has 1 amide bonds. The van der Waals surface area contributed by atoms with Crippen LogP contribution in [-0.4, -0.2) is 23.9 Å². The number of hydrogen-bond acceptors (Lipinski definition) is 5. The van der Waals surface area contributed by atoms with Gasteiger partial charge in [-0.1, -0.05) is 53.8 Å². The van der Waals surface area contributed by atoms with E-state index in [2.05, 4.69) is 4.98 Å². The fourth-order valence-electron chi connectivity index (χ4n) is 3.67. The number of esters is 1. The van der Waals surface area contributed by atoms with Crippen LogP contribution in [0, 0.1) is 0 Å². The highest BCUT2D eigenvalue weighted by atomic mass is 32.1. The molecule has 0 aliphatic carbocycles. The van der Waals surface area contributed by atoms with Crippen LogP contribution < -0.4 is 4.90 Å². The van der Waals surface area contributed by atoms with E-state index < -0.39 is 0 Å². The summed E-state index contributed by atoms with van der Waals surface area (Å²) in [5, 5.41) is 0.639. The first kappa shape index (κ1) is 18.5. The van der Waals surface area contributed by atoms with Gasteiger partial charge in [-0.25, -0.2) is 9.78 Å². The van der Waals surface area contributed by atoms with Crippen LogP contribution in [0.4, 0.5) is 5.13 Å². The second-order valence-electron chi connectivity index (χ2n) is 7.21. The summed E-state index contributed by atoms with van der Waals surface area (Å²) in [5.74, 6) is -0.518. The van der Waals surface area contributed by atoms with Crippen LogP contribution in [0.15, 0.2) is 72.8 Å². The molecule has 5 nitrogen and oxygen atoms in total.